The van der Waals surface area contributed by atoms with Gasteiger partial charge < -0.3 is 5.11 Å². The van der Waals surface area contributed by atoms with Gasteiger partial charge in [-0.15, -0.1) is 5.10 Å². The van der Waals surface area contributed by atoms with Gasteiger partial charge in [0.25, 0.3) is 0 Å². The minimum atomic E-state index is -0.923. The predicted molar refractivity (Wildman–Crippen MR) is 106 cm³/mol. The highest BCUT2D eigenvalue weighted by Gasteiger charge is 2.28. The summed E-state index contributed by atoms with van der Waals surface area (Å²) in [7, 11) is 2.11. The molecule has 1 aromatic heterocycles. The number of hydrogen-bond donors (Lipinski definition) is 1. The third-order valence-electron chi connectivity index (χ3n) is 5.03. The van der Waals surface area contributed by atoms with E-state index in [2.05, 4.69) is 43.6 Å². The van der Waals surface area contributed by atoms with Gasteiger partial charge in [-0.1, -0.05) is 103 Å². The minimum absolute atomic E-state index is 0.0173. The molecule has 147 valence electrons. The van der Waals surface area contributed by atoms with Crippen LogP contribution in [-0.2, 0) is 11.3 Å². The van der Waals surface area contributed by atoms with E-state index in [4.69, 9.17) is 5.11 Å². The molecule has 0 fully saturated rings. The SMILES string of the molecule is CCCCCCCC(C)([B]c1nnnn1CC(=O)O)CCCCCCC. The first-order valence-corrected chi connectivity index (χ1v) is 10.3. The highest BCUT2D eigenvalue weighted by atomic mass is 16.4. The van der Waals surface area contributed by atoms with Crippen molar-refractivity contribution < 1.29 is 9.90 Å². The Bertz CT molecular complexity index is 493. The van der Waals surface area contributed by atoms with Crippen LogP contribution in [0.4, 0.5) is 0 Å². The maximum absolute atomic E-state index is 11.0. The van der Waals surface area contributed by atoms with Crippen LogP contribution in [0.2, 0.25) is 5.31 Å². The molecular weight excluding hydrogens is 327 g/mol. The Labute approximate surface area is 159 Å². The molecule has 6 nitrogen and oxygen atoms in total. The Balaban J connectivity index is 2.63. The van der Waals surface area contributed by atoms with Gasteiger partial charge in [0.15, 0.2) is 0 Å². The molecule has 0 saturated carbocycles. The number of tetrazole rings is 1. The third-order valence-corrected chi connectivity index (χ3v) is 5.03. The molecule has 0 amide bonds. The van der Waals surface area contributed by atoms with Gasteiger partial charge in [0.05, 0.1) is 0 Å². The van der Waals surface area contributed by atoms with Crippen LogP contribution < -0.4 is 5.72 Å². The Kier molecular flexibility index (Phi) is 11.2. The van der Waals surface area contributed by atoms with Crippen molar-refractivity contribution in [3.63, 3.8) is 0 Å². The van der Waals surface area contributed by atoms with E-state index >= 15 is 0 Å². The van der Waals surface area contributed by atoms with Crippen LogP contribution in [0.3, 0.4) is 0 Å². The number of aromatic nitrogens is 4. The standard InChI is InChI=1S/C19H36BN4O2/c1-4-6-8-10-12-14-19(3,15-13-11-9-7-5-2)20-18-21-22-23-24(18)16-17(25)26/h4-16H2,1-3H3,(H,25,26). The second-order valence-corrected chi connectivity index (χ2v) is 7.72. The molecule has 1 aromatic rings. The van der Waals surface area contributed by atoms with Crippen LogP contribution in [0, 0.1) is 0 Å². The molecule has 1 radical (unpaired) electrons. The van der Waals surface area contributed by atoms with E-state index in [-0.39, 0.29) is 11.9 Å². The van der Waals surface area contributed by atoms with E-state index < -0.39 is 5.97 Å². The van der Waals surface area contributed by atoms with Gasteiger partial charge in [0.1, 0.15) is 12.3 Å². The van der Waals surface area contributed by atoms with Crippen molar-refractivity contribution in [1.82, 2.24) is 20.2 Å². The summed E-state index contributed by atoms with van der Waals surface area (Å²) < 4.78 is 1.38. The molecule has 0 saturated heterocycles. The molecule has 26 heavy (non-hydrogen) atoms. The normalized spacial score (nSPS) is 11.7. The zero-order valence-electron chi connectivity index (χ0n) is 16.9. The molecule has 0 unspecified atom stereocenters. The summed E-state index contributed by atoms with van der Waals surface area (Å²) in [5, 5.41) is 20.6. The van der Waals surface area contributed by atoms with Crippen LogP contribution in [-0.4, -0.2) is 38.6 Å². The average molecular weight is 363 g/mol. The van der Waals surface area contributed by atoms with Crippen molar-refractivity contribution in [3.05, 3.63) is 0 Å². The van der Waals surface area contributed by atoms with Crippen molar-refractivity contribution in [1.29, 1.82) is 0 Å². The molecule has 0 aliphatic rings. The van der Waals surface area contributed by atoms with Crippen LogP contribution in [0.15, 0.2) is 0 Å². The number of carboxylic acid groups (broad SMARTS) is 1. The lowest BCUT2D eigenvalue weighted by Gasteiger charge is -2.28. The number of hydrogen-bond acceptors (Lipinski definition) is 4. The number of nitrogens with zero attached hydrogens (tertiary/aromatic N) is 4. The lowest BCUT2D eigenvalue weighted by atomic mass is 9.49. The predicted octanol–water partition coefficient (Wildman–Crippen LogP) is 3.99. The lowest BCUT2D eigenvalue weighted by Crippen LogP contribution is -2.36. The number of aliphatic carboxylic acids is 1. The quantitative estimate of drug-likeness (QED) is 0.355. The van der Waals surface area contributed by atoms with Crippen molar-refractivity contribution in [2.45, 2.75) is 110 Å². The van der Waals surface area contributed by atoms with Crippen molar-refractivity contribution in [2.75, 3.05) is 0 Å². The second-order valence-electron chi connectivity index (χ2n) is 7.72. The molecule has 0 bridgehead atoms. The molecule has 1 rings (SSSR count). The van der Waals surface area contributed by atoms with Gasteiger partial charge in [-0.05, 0) is 10.4 Å². The van der Waals surface area contributed by atoms with E-state index in [0.29, 0.717) is 5.72 Å². The summed E-state index contributed by atoms with van der Waals surface area (Å²) in [6.07, 6.45) is 14.8. The summed E-state index contributed by atoms with van der Waals surface area (Å²) >= 11 is 0. The molecule has 1 heterocycles. The molecule has 1 N–H and O–H groups in total. The van der Waals surface area contributed by atoms with Gasteiger partial charge in [0.2, 0.25) is 7.28 Å². The molecule has 0 aliphatic carbocycles. The van der Waals surface area contributed by atoms with E-state index in [1.54, 1.807) is 0 Å². The highest BCUT2D eigenvalue weighted by molar-refractivity contribution is 6.54. The topological polar surface area (TPSA) is 80.9 Å². The molecule has 0 atom stereocenters. The molecule has 7 heteroatoms. The van der Waals surface area contributed by atoms with E-state index in [0.717, 1.165) is 12.8 Å². The molecular formula is C19H36BN4O2. The van der Waals surface area contributed by atoms with Gasteiger partial charge in [-0.25, -0.2) is 4.68 Å². The Morgan fingerprint density at radius 2 is 1.54 bits per heavy atom. The zero-order chi connectivity index (χ0) is 19.3. The summed E-state index contributed by atoms with van der Waals surface area (Å²) in [5.41, 5.74) is 0.581. The van der Waals surface area contributed by atoms with Crippen LogP contribution in [0.1, 0.15) is 97.8 Å². The van der Waals surface area contributed by atoms with Crippen molar-refractivity contribution in [2.24, 2.45) is 0 Å². The first-order valence-electron chi connectivity index (χ1n) is 10.3. The highest BCUT2D eigenvalue weighted by Crippen LogP contribution is 2.37. The van der Waals surface area contributed by atoms with E-state index in [1.807, 2.05) is 0 Å². The van der Waals surface area contributed by atoms with Crippen molar-refractivity contribution in [3.8, 4) is 0 Å². The lowest BCUT2D eigenvalue weighted by molar-refractivity contribution is -0.137. The average Bonchev–Trinajstić information content (AvgIpc) is 3.00. The molecule has 0 aliphatic heterocycles. The smallest absolute Gasteiger partial charge is 0.325 e. The monoisotopic (exact) mass is 363 g/mol. The van der Waals surface area contributed by atoms with Gasteiger partial charge in [-0.3, -0.25) is 4.79 Å². The largest absolute Gasteiger partial charge is 0.480 e. The molecule has 0 spiro atoms. The van der Waals surface area contributed by atoms with Crippen molar-refractivity contribution >= 4 is 19.0 Å². The van der Waals surface area contributed by atoms with E-state index in [1.165, 1.54) is 68.9 Å². The van der Waals surface area contributed by atoms with Crippen LogP contribution >= 0.6 is 0 Å². The van der Waals surface area contributed by atoms with Gasteiger partial charge in [0, 0.05) is 0 Å². The number of unbranched alkanes of at least 4 members (excludes halogenated alkanes) is 8. The number of carbonyl (C=O) groups is 1. The van der Waals surface area contributed by atoms with E-state index in [9.17, 15) is 4.79 Å². The Morgan fingerprint density at radius 1 is 1.00 bits per heavy atom. The molecule has 0 aromatic carbocycles. The second kappa shape index (κ2) is 12.9. The first kappa shape index (κ1) is 22.6. The summed E-state index contributed by atoms with van der Waals surface area (Å²) in [5.74, 6) is -0.923. The van der Waals surface area contributed by atoms with Crippen LogP contribution in [0.25, 0.3) is 0 Å². The fraction of sp³-hybridized carbons (Fsp3) is 0.895. The zero-order valence-corrected chi connectivity index (χ0v) is 16.9. The van der Waals surface area contributed by atoms with Crippen LogP contribution in [0.5, 0.6) is 0 Å². The Hall–Kier alpha value is -1.40. The minimum Gasteiger partial charge on any atom is -0.480 e. The third kappa shape index (κ3) is 9.34. The Morgan fingerprint density at radius 3 is 2.04 bits per heavy atom. The number of rotatable bonds is 16. The van der Waals surface area contributed by atoms with Gasteiger partial charge in [-0.2, -0.15) is 0 Å². The summed E-state index contributed by atoms with van der Waals surface area (Å²) in [6.45, 7) is 6.54. The summed E-state index contributed by atoms with van der Waals surface area (Å²) in [4.78, 5) is 11.0. The number of carboxylic acids is 1. The fourth-order valence-electron chi connectivity index (χ4n) is 3.40. The fourth-order valence-corrected chi connectivity index (χ4v) is 3.40. The maximum Gasteiger partial charge on any atom is 0.325 e. The first-order chi connectivity index (χ1) is 12.5. The summed E-state index contributed by atoms with van der Waals surface area (Å²) in [6, 6.07) is 0. The maximum atomic E-state index is 11.0. The van der Waals surface area contributed by atoms with Gasteiger partial charge >= 0.3 is 5.97 Å².